The summed E-state index contributed by atoms with van der Waals surface area (Å²) in [4.78, 5) is 99.3. The van der Waals surface area contributed by atoms with E-state index in [0.29, 0.717) is 135 Å². The highest BCUT2D eigenvalue weighted by atomic mass is 32.2. The monoisotopic (exact) mass is 1810 g/mol. The Kier molecular flexibility index (Phi) is 29.0. The summed E-state index contributed by atoms with van der Waals surface area (Å²) in [6.45, 7) is 13.9. The second-order valence-electron chi connectivity index (χ2n) is 29.7. The molecule has 0 aliphatic carbocycles. The van der Waals surface area contributed by atoms with Gasteiger partial charge < -0.3 is 58.0 Å². The molecule has 0 unspecified atom stereocenters. The first-order chi connectivity index (χ1) is 59.7. The molecule has 13 N–H and O–H groups in total. The molecule has 0 saturated carbocycles. The van der Waals surface area contributed by atoms with Gasteiger partial charge in [0.2, 0.25) is 0 Å². The topological polar surface area (TPSA) is 483 Å². The largest absolute Gasteiger partial charge is 0.399 e. The van der Waals surface area contributed by atoms with Crippen LogP contribution in [0.1, 0.15) is 133 Å². The van der Waals surface area contributed by atoms with Gasteiger partial charge in [0.15, 0.2) is 61.9 Å². The van der Waals surface area contributed by atoms with E-state index in [4.69, 9.17) is 11.5 Å². The molecule has 16 rings (SSSR count). The van der Waals surface area contributed by atoms with Crippen molar-refractivity contribution in [3.63, 3.8) is 0 Å². The van der Waals surface area contributed by atoms with Crippen LogP contribution in [0.25, 0.3) is 89.7 Å². The lowest BCUT2D eigenvalue weighted by molar-refractivity contribution is 0.101. The highest BCUT2D eigenvalue weighted by Crippen LogP contribution is 2.33. The van der Waals surface area contributed by atoms with E-state index in [2.05, 4.69) is 86.4 Å². The van der Waals surface area contributed by atoms with Crippen LogP contribution in [0.15, 0.2) is 269 Å². The lowest BCUT2D eigenvalue weighted by Crippen LogP contribution is -2.13. The number of H-pyrrole nitrogens is 4. The number of rotatable bonds is 22. The van der Waals surface area contributed by atoms with Crippen molar-refractivity contribution in [2.24, 2.45) is 0 Å². The first-order valence-electron chi connectivity index (χ1n) is 39.2. The van der Waals surface area contributed by atoms with E-state index < -0.39 is 60.3 Å². The Morgan fingerprint density at radius 2 is 0.591 bits per heavy atom. The number of nitrogens with two attached hydrogens (primary N) is 2. The first-order valence-corrected chi connectivity index (χ1v) is 45.3. The van der Waals surface area contributed by atoms with E-state index in [1.807, 2.05) is 25.2 Å². The minimum absolute atomic E-state index is 0. The first kappa shape index (κ1) is 93.2. The Hall–Kier alpha value is -14.5. The number of aromatic amines is 4. The summed E-state index contributed by atoms with van der Waals surface area (Å²) in [5, 5.41) is 12.5. The van der Waals surface area contributed by atoms with E-state index in [1.54, 1.807) is 287 Å². The molecule has 0 aliphatic rings. The van der Waals surface area contributed by atoms with Gasteiger partial charge in [-0.1, -0.05) is 99.8 Å². The normalized spacial score (nSPS) is 11.5. The van der Waals surface area contributed by atoms with Gasteiger partial charge in [0.25, 0.3) is 23.6 Å². The molecule has 35 heteroatoms. The molecule has 4 amide bonds. The SMILES string of the molecule is C.C.CC(C)S(=O)(=O)c1ccc(-c2cnc3[nH]cc(NC(=O)c4ccc(N)cc4)c3n2)cc1.CC(C)S(=O)(=O)c1ccc(-c2cnc3[nH]cc(NC(=O)c4cccc(N)c4)c3n2)cc1.CC(C)S(=O)(=O)c1ccc(-c2cnc3[nH]cc(NC(=O)c4ccccc4)c3n2)cc1.CNCc1ccc(C(=O)Nc2c[nH]c3ncc(-c4ccc(S(=O)(=O)C(C)C)cc4)nc23)cc1.[HH].[HH].[HH].[HH].[HH].[HH].[HH].[HH].[HH].[HH].[HH]. The van der Waals surface area contributed by atoms with E-state index in [1.165, 1.54) is 0 Å². The molecule has 31 nitrogen and oxygen atoms in total. The highest BCUT2D eigenvalue weighted by Gasteiger charge is 2.26. The molecule has 8 aromatic heterocycles. The number of nitrogen functional groups attached to an aromatic ring is 2. The maximum atomic E-state index is 12.7. The molecule has 0 saturated heterocycles. The summed E-state index contributed by atoms with van der Waals surface area (Å²) < 4.78 is 98.6. The minimum Gasteiger partial charge on any atom is -0.399 e. The molecule has 0 spiro atoms. The van der Waals surface area contributed by atoms with Gasteiger partial charge in [-0.2, -0.15) is 0 Å². The molecule has 0 atom stereocenters. The van der Waals surface area contributed by atoms with Crippen molar-refractivity contribution >= 4 is 142 Å². The van der Waals surface area contributed by atoms with Crippen molar-refractivity contribution in [1.29, 1.82) is 0 Å². The summed E-state index contributed by atoms with van der Waals surface area (Å²) in [5.41, 5.74) is 26.9. The average molecular weight is 1810 g/mol. The maximum Gasteiger partial charge on any atom is 0.255 e. The molecular formula is C92H117N19O12S4. The van der Waals surface area contributed by atoms with E-state index in [9.17, 15) is 52.8 Å². The molecule has 127 heavy (non-hydrogen) atoms. The summed E-state index contributed by atoms with van der Waals surface area (Å²) in [6.07, 6.45) is 12.9. The van der Waals surface area contributed by atoms with Crippen LogP contribution >= 0.6 is 0 Å². The molecule has 676 valence electrons. The zero-order chi connectivity index (χ0) is 89.2. The number of carbonyl (C=O) groups is 4. The lowest BCUT2D eigenvalue weighted by atomic mass is 10.1. The predicted octanol–water partition coefficient (Wildman–Crippen LogP) is 19.1. The Morgan fingerprint density at radius 3 is 0.858 bits per heavy atom. The summed E-state index contributed by atoms with van der Waals surface area (Å²) in [5.74, 6) is -1.10. The fraction of sp³-hybridized carbons (Fsp3) is 0.174. The third-order valence-electron chi connectivity index (χ3n) is 19.9. The fourth-order valence-electron chi connectivity index (χ4n) is 12.5. The number of anilines is 6. The number of nitrogens with zero attached hydrogens (tertiary/aromatic N) is 8. The Morgan fingerprint density at radius 1 is 0.331 bits per heavy atom. The maximum absolute atomic E-state index is 12.7. The molecule has 0 fully saturated rings. The van der Waals surface area contributed by atoms with E-state index in [-0.39, 0.29) is 73.8 Å². The quantitative estimate of drug-likeness (QED) is 0.0281. The fourth-order valence-corrected chi connectivity index (χ4v) is 16.8. The van der Waals surface area contributed by atoms with Gasteiger partial charge in [0.1, 0.15) is 22.1 Å². The number of hydrogen-bond acceptors (Lipinski definition) is 23. The Bertz CT molecular complexity index is 7210. The molecular weight excluding hydrogens is 1690 g/mol. The van der Waals surface area contributed by atoms with Crippen LogP contribution in [0.5, 0.6) is 0 Å². The third kappa shape index (κ3) is 21.3. The van der Waals surface area contributed by atoms with Crippen molar-refractivity contribution in [2.45, 2.75) is 117 Å². The molecule has 0 bridgehead atoms. The van der Waals surface area contributed by atoms with Crippen LogP contribution in [0.3, 0.4) is 0 Å². The van der Waals surface area contributed by atoms with Crippen LogP contribution in [0.4, 0.5) is 34.1 Å². The second kappa shape index (κ2) is 39.6. The average Bonchev–Trinajstić information content (AvgIpc) is 1.73. The number of amides is 4. The third-order valence-corrected chi connectivity index (χ3v) is 28.5. The van der Waals surface area contributed by atoms with Gasteiger partial charge in [-0.05, 0) is 183 Å². The van der Waals surface area contributed by atoms with Gasteiger partial charge in [-0.3, -0.25) is 19.2 Å². The van der Waals surface area contributed by atoms with Crippen molar-refractivity contribution in [3.8, 4) is 45.0 Å². The van der Waals surface area contributed by atoms with Gasteiger partial charge in [-0.25, -0.2) is 73.5 Å². The van der Waals surface area contributed by atoms with Gasteiger partial charge >= 0.3 is 0 Å². The number of benzene rings is 8. The molecule has 8 heterocycles. The number of nitrogens with one attached hydrogen (secondary N) is 9. The van der Waals surface area contributed by atoms with Crippen molar-refractivity contribution in [2.75, 3.05) is 39.8 Å². The van der Waals surface area contributed by atoms with E-state index in [0.717, 1.165) is 23.2 Å². The summed E-state index contributed by atoms with van der Waals surface area (Å²) in [7, 11) is -11.5. The van der Waals surface area contributed by atoms with Crippen LogP contribution in [0, 0.1) is 0 Å². The highest BCUT2D eigenvalue weighted by molar-refractivity contribution is 7.93. The summed E-state index contributed by atoms with van der Waals surface area (Å²) in [6, 6.07) is 55.7. The van der Waals surface area contributed by atoms with Gasteiger partial charge in [0.05, 0.1) is 111 Å². The lowest BCUT2D eigenvalue weighted by Gasteiger charge is -2.09. The van der Waals surface area contributed by atoms with Crippen LogP contribution < -0.4 is 38.1 Å². The van der Waals surface area contributed by atoms with Crippen molar-refractivity contribution in [3.05, 3.63) is 278 Å². The number of sulfone groups is 4. The molecule has 0 aliphatic heterocycles. The number of aromatic nitrogens is 12. The van der Waals surface area contributed by atoms with E-state index >= 15 is 0 Å². The smallest absolute Gasteiger partial charge is 0.255 e. The number of fused-ring (bicyclic) bond motifs is 4. The summed E-state index contributed by atoms with van der Waals surface area (Å²) >= 11 is 0. The minimum atomic E-state index is -3.35. The number of hydrogen-bond donors (Lipinski definition) is 11. The zero-order valence-electron chi connectivity index (χ0n) is 69.0. The Labute approximate surface area is 751 Å². The molecule has 0 radical (unpaired) electrons. The van der Waals surface area contributed by atoms with Gasteiger partial charge in [0, 0.05) is 103 Å². The Balaban J connectivity index is 0.00000176. The van der Waals surface area contributed by atoms with Crippen LogP contribution in [-0.4, -0.2) is 145 Å². The zero-order valence-corrected chi connectivity index (χ0v) is 72.2. The number of carbonyl (C=O) groups excluding carboxylic acids is 4. The standard InChI is InChI=1S/C24H25N5O3S.2C22H21N5O3S.C22H20N4O3S.2CH4.11H2/c1-15(2)33(31,32)19-10-8-17(9-11-19)20-13-26-23-22(28-20)21(14-27-23)29-24(30)18-6-4-16(5-7-18)12-25-3;1-13(2)31(29,30)17-9-5-14(6-10-17)18-11-24-21-20(26-18)19(12-25-21)27-22(28)15-3-7-16(23)8-4-15;1-13(2)31(29,30)17-8-6-14(7-9-17)18-11-24-21-20(26-18)19(12-25-21)27-22(28)15-4-3-5-16(23)10-15;1-14(2)30(28,29)17-10-8-15(9-11-17)18-12-23-21-20(25-18)19(13-24-21)26-22(27)16-6-4-3-5-7-16;;;;;;;;;;;;;/h4-11,13-15,25H,12H2,1-3H3,(H,26,27)(H,29,30);2*3-13H,23H2,1-2H3,(H,24,25)(H,27,28);3-14H,1-2H3,(H,23,24)(H,26,27);2*1H4;11*1H. The molecule has 8 aromatic carbocycles. The van der Waals surface area contributed by atoms with Crippen LogP contribution in [0.2, 0.25) is 0 Å². The predicted molar refractivity (Wildman–Crippen MR) is 522 cm³/mol. The molecule has 16 aromatic rings. The van der Waals surface area contributed by atoms with Gasteiger partial charge in [-0.15, -0.1) is 0 Å². The second-order valence-corrected chi connectivity index (χ2v) is 39.8. The van der Waals surface area contributed by atoms with Crippen molar-refractivity contribution < 1.29 is 68.5 Å². The van der Waals surface area contributed by atoms with Crippen LogP contribution in [-0.2, 0) is 45.9 Å². The van der Waals surface area contributed by atoms with Crippen molar-refractivity contribution in [1.82, 2.24) is 65.1 Å².